The molecule has 1 aromatic rings. The Morgan fingerprint density at radius 3 is 2.29 bits per heavy atom. The lowest BCUT2D eigenvalue weighted by atomic mass is 9.93. The molecule has 0 aromatic heterocycles. The van der Waals surface area contributed by atoms with Gasteiger partial charge in [-0.2, -0.15) is 0 Å². The van der Waals surface area contributed by atoms with Crippen molar-refractivity contribution in [3.63, 3.8) is 0 Å². The van der Waals surface area contributed by atoms with Crippen LogP contribution in [0.2, 0.25) is 5.02 Å². The molecule has 1 saturated carbocycles. The lowest BCUT2D eigenvalue weighted by molar-refractivity contribution is -0.137. The van der Waals surface area contributed by atoms with Crippen molar-refractivity contribution in [2.45, 2.75) is 51.0 Å². The monoisotopic (exact) mass is 309 g/mol. The number of nitrogens with zero attached hydrogens (tertiary/aromatic N) is 1. The van der Waals surface area contributed by atoms with Crippen molar-refractivity contribution in [1.82, 2.24) is 4.90 Å². The quantitative estimate of drug-likeness (QED) is 0.839. The highest BCUT2D eigenvalue weighted by Crippen LogP contribution is 2.50. The van der Waals surface area contributed by atoms with E-state index in [4.69, 9.17) is 11.6 Å². The van der Waals surface area contributed by atoms with Crippen molar-refractivity contribution in [2.24, 2.45) is 0 Å². The second-order valence-corrected chi connectivity index (χ2v) is 6.22. The molecule has 0 spiro atoms. The maximum Gasteiger partial charge on any atom is 0.233 e. The van der Waals surface area contributed by atoms with E-state index in [9.17, 15) is 9.90 Å². The standard InChI is InChI=1S/C17H24ClNO2/c1-3-15(4-2)19(11-12-20)16(21)17(9-10-17)13-5-7-14(18)8-6-13/h5-8,15,20H,3-4,9-12H2,1-2H3. The normalized spacial score (nSPS) is 16.0. The van der Waals surface area contributed by atoms with Crippen LogP contribution in [0.25, 0.3) is 0 Å². The summed E-state index contributed by atoms with van der Waals surface area (Å²) in [4.78, 5) is 14.9. The highest BCUT2D eigenvalue weighted by molar-refractivity contribution is 6.30. The SMILES string of the molecule is CCC(CC)N(CCO)C(=O)C1(c2ccc(Cl)cc2)CC1. The van der Waals surface area contributed by atoms with Crippen LogP contribution in [0.1, 0.15) is 45.1 Å². The summed E-state index contributed by atoms with van der Waals surface area (Å²) in [5.74, 6) is 0.160. The lowest BCUT2D eigenvalue weighted by Crippen LogP contribution is -2.46. The minimum atomic E-state index is -0.387. The largest absolute Gasteiger partial charge is 0.395 e. The van der Waals surface area contributed by atoms with Gasteiger partial charge in [0, 0.05) is 17.6 Å². The summed E-state index contributed by atoms with van der Waals surface area (Å²) in [6, 6.07) is 7.80. The minimum Gasteiger partial charge on any atom is -0.395 e. The third kappa shape index (κ3) is 3.24. The fraction of sp³-hybridized carbons (Fsp3) is 0.588. The number of halogens is 1. The predicted molar refractivity (Wildman–Crippen MR) is 85.5 cm³/mol. The van der Waals surface area contributed by atoms with Crippen LogP contribution in [0.5, 0.6) is 0 Å². The maximum absolute atomic E-state index is 13.0. The van der Waals surface area contributed by atoms with Crippen LogP contribution < -0.4 is 0 Å². The van der Waals surface area contributed by atoms with Crippen LogP contribution in [-0.2, 0) is 10.2 Å². The summed E-state index contributed by atoms with van der Waals surface area (Å²) < 4.78 is 0. The van der Waals surface area contributed by atoms with Gasteiger partial charge in [0.25, 0.3) is 0 Å². The zero-order chi connectivity index (χ0) is 15.5. The van der Waals surface area contributed by atoms with Gasteiger partial charge in [-0.3, -0.25) is 4.79 Å². The molecule has 1 amide bonds. The molecule has 0 aliphatic heterocycles. The number of hydrogen-bond acceptors (Lipinski definition) is 2. The zero-order valence-corrected chi connectivity index (χ0v) is 13.6. The minimum absolute atomic E-state index is 0.0128. The topological polar surface area (TPSA) is 40.5 Å². The van der Waals surface area contributed by atoms with Gasteiger partial charge in [0.05, 0.1) is 12.0 Å². The number of rotatable bonds is 7. The first-order chi connectivity index (χ1) is 10.1. The Morgan fingerprint density at radius 2 is 1.86 bits per heavy atom. The number of carbonyl (C=O) groups is 1. The molecule has 1 N–H and O–H groups in total. The van der Waals surface area contributed by atoms with Crippen LogP contribution in [-0.4, -0.2) is 35.1 Å². The van der Waals surface area contributed by atoms with Gasteiger partial charge in [-0.25, -0.2) is 0 Å². The Labute approximate surface area is 131 Å². The molecule has 0 unspecified atom stereocenters. The molecule has 4 heteroatoms. The number of aliphatic hydroxyl groups is 1. The molecule has 1 aliphatic rings. The third-order valence-electron chi connectivity index (χ3n) is 4.54. The highest BCUT2D eigenvalue weighted by atomic mass is 35.5. The maximum atomic E-state index is 13.0. The van der Waals surface area contributed by atoms with Gasteiger partial charge in [-0.1, -0.05) is 37.6 Å². The van der Waals surface area contributed by atoms with E-state index in [1.165, 1.54) is 0 Å². The Hall–Kier alpha value is -1.06. The molecular weight excluding hydrogens is 286 g/mol. The first kappa shape index (κ1) is 16.3. The smallest absolute Gasteiger partial charge is 0.233 e. The molecule has 2 rings (SSSR count). The summed E-state index contributed by atoms with van der Waals surface area (Å²) in [6.07, 6.45) is 3.60. The van der Waals surface area contributed by atoms with E-state index in [2.05, 4.69) is 13.8 Å². The Morgan fingerprint density at radius 1 is 1.29 bits per heavy atom. The molecule has 116 valence electrons. The molecule has 0 radical (unpaired) electrons. The van der Waals surface area contributed by atoms with E-state index in [0.29, 0.717) is 11.6 Å². The van der Waals surface area contributed by atoms with Gasteiger partial charge in [0.2, 0.25) is 5.91 Å². The molecular formula is C17H24ClNO2. The van der Waals surface area contributed by atoms with Gasteiger partial charge >= 0.3 is 0 Å². The van der Waals surface area contributed by atoms with Crippen LogP contribution >= 0.6 is 11.6 Å². The van der Waals surface area contributed by atoms with Crippen LogP contribution in [0.15, 0.2) is 24.3 Å². The van der Waals surface area contributed by atoms with Crippen molar-refractivity contribution in [2.75, 3.05) is 13.2 Å². The Balaban J connectivity index is 2.25. The number of amides is 1. The van der Waals surface area contributed by atoms with Gasteiger partial charge in [-0.15, -0.1) is 0 Å². The summed E-state index contributed by atoms with van der Waals surface area (Å²) >= 11 is 5.94. The molecule has 1 aliphatic carbocycles. The van der Waals surface area contributed by atoms with Crippen molar-refractivity contribution >= 4 is 17.5 Å². The van der Waals surface area contributed by atoms with E-state index in [1.54, 1.807) is 0 Å². The molecule has 0 bridgehead atoms. The fourth-order valence-corrected chi connectivity index (χ4v) is 3.21. The van der Waals surface area contributed by atoms with Crippen LogP contribution in [0.4, 0.5) is 0 Å². The molecule has 0 atom stereocenters. The zero-order valence-electron chi connectivity index (χ0n) is 12.8. The summed E-state index contributed by atoms with van der Waals surface area (Å²) in [6.45, 7) is 4.61. The molecule has 0 heterocycles. The highest BCUT2D eigenvalue weighted by Gasteiger charge is 2.53. The van der Waals surface area contributed by atoms with Crippen LogP contribution in [0, 0.1) is 0 Å². The fourth-order valence-electron chi connectivity index (χ4n) is 3.08. The van der Waals surface area contributed by atoms with Crippen molar-refractivity contribution < 1.29 is 9.90 Å². The van der Waals surface area contributed by atoms with Gasteiger partial charge < -0.3 is 10.0 Å². The third-order valence-corrected chi connectivity index (χ3v) is 4.79. The lowest BCUT2D eigenvalue weighted by Gasteiger charge is -2.33. The average Bonchev–Trinajstić information content (AvgIpc) is 3.29. The second kappa shape index (κ2) is 6.80. The van der Waals surface area contributed by atoms with Gasteiger partial charge in [-0.05, 0) is 43.4 Å². The molecule has 1 fully saturated rings. The Bertz CT molecular complexity index is 478. The molecule has 1 aromatic carbocycles. The van der Waals surface area contributed by atoms with E-state index in [0.717, 1.165) is 31.2 Å². The van der Waals surface area contributed by atoms with E-state index < -0.39 is 0 Å². The number of carbonyl (C=O) groups excluding carboxylic acids is 1. The van der Waals surface area contributed by atoms with Gasteiger partial charge in [0.15, 0.2) is 0 Å². The summed E-state index contributed by atoms with van der Waals surface area (Å²) in [5.41, 5.74) is 0.660. The molecule has 3 nitrogen and oxygen atoms in total. The summed E-state index contributed by atoms with van der Waals surface area (Å²) in [7, 11) is 0. The number of aliphatic hydroxyl groups excluding tert-OH is 1. The number of benzene rings is 1. The van der Waals surface area contributed by atoms with Crippen molar-refractivity contribution in [3.05, 3.63) is 34.9 Å². The second-order valence-electron chi connectivity index (χ2n) is 5.78. The van der Waals surface area contributed by atoms with E-state index >= 15 is 0 Å². The van der Waals surface area contributed by atoms with E-state index in [1.807, 2.05) is 29.2 Å². The van der Waals surface area contributed by atoms with Gasteiger partial charge in [0.1, 0.15) is 0 Å². The van der Waals surface area contributed by atoms with Crippen molar-refractivity contribution in [3.8, 4) is 0 Å². The number of hydrogen-bond donors (Lipinski definition) is 1. The average molecular weight is 310 g/mol. The molecule has 0 saturated heterocycles. The van der Waals surface area contributed by atoms with Crippen molar-refractivity contribution in [1.29, 1.82) is 0 Å². The first-order valence-corrected chi connectivity index (χ1v) is 8.14. The Kier molecular flexibility index (Phi) is 5.28. The predicted octanol–water partition coefficient (Wildman–Crippen LogP) is 3.38. The summed E-state index contributed by atoms with van der Waals surface area (Å²) in [5, 5.41) is 10.00. The van der Waals surface area contributed by atoms with E-state index in [-0.39, 0.29) is 24.0 Å². The molecule has 21 heavy (non-hydrogen) atoms. The first-order valence-electron chi connectivity index (χ1n) is 7.77. The van der Waals surface area contributed by atoms with Crippen LogP contribution in [0.3, 0.4) is 0 Å².